The van der Waals surface area contributed by atoms with Gasteiger partial charge in [0.15, 0.2) is 0 Å². The molecule has 3 N–H and O–H groups in total. The molecule has 0 spiro atoms. The number of nitro groups is 1. The van der Waals surface area contributed by atoms with Crippen LogP contribution in [-0.4, -0.2) is 28.4 Å². The third-order valence-electron chi connectivity index (χ3n) is 5.50. The summed E-state index contributed by atoms with van der Waals surface area (Å²) in [6, 6.07) is 10.6. The number of halogens is 1. The maximum Gasteiger partial charge on any atom is 0.292 e. The summed E-state index contributed by atoms with van der Waals surface area (Å²) >= 11 is 1.43. The van der Waals surface area contributed by atoms with Crippen molar-refractivity contribution in [3.8, 4) is 0 Å². The SMILES string of the molecule is CC[C@@H]1CNc2c(sc3ccc4nc(Nc5cc(F)ccc5[N+](=O)[O-])ccc4c23)C(=O)N1. The number of hydrogen-bond donors (Lipinski definition) is 3. The molecule has 0 saturated carbocycles. The van der Waals surface area contributed by atoms with Crippen molar-refractivity contribution >= 4 is 61.1 Å². The van der Waals surface area contributed by atoms with Gasteiger partial charge in [-0.3, -0.25) is 14.9 Å². The molecule has 32 heavy (non-hydrogen) atoms. The summed E-state index contributed by atoms with van der Waals surface area (Å²) in [4.78, 5) is 28.6. The van der Waals surface area contributed by atoms with Gasteiger partial charge in [0.1, 0.15) is 22.2 Å². The van der Waals surface area contributed by atoms with Gasteiger partial charge in [0, 0.05) is 40.2 Å². The average Bonchev–Trinajstić information content (AvgIpc) is 3.07. The molecule has 0 unspecified atom stereocenters. The third kappa shape index (κ3) is 3.38. The van der Waals surface area contributed by atoms with Crippen LogP contribution in [0.5, 0.6) is 0 Å². The Morgan fingerprint density at radius 1 is 1.28 bits per heavy atom. The molecule has 1 aliphatic heterocycles. The summed E-state index contributed by atoms with van der Waals surface area (Å²) in [7, 11) is 0. The van der Waals surface area contributed by atoms with Crippen LogP contribution in [0.25, 0.3) is 21.0 Å². The number of pyridine rings is 1. The number of rotatable bonds is 4. The van der Waals surface area contributed by atoms with Gasteiger partial charge >= 0.3 is 0 Å². The van der Waals surface area contributed by atoms with Crippen molar-refractivity contribution in [3.63, 3.8) is 0 Å². The van der Waals surface area contributed by atoms with Gasteiger partial charge in [-0.05, 0) is 36.8 Å². The minimum absolute atomic E-state index is 0.0243. The van der Waals surface area contributed by atoms with Gasteiger partial charge in [-0.1, -0.05) is 6.92 Å². The molecule has 3 heterocycles. The van der Waals surface area contributed by atoms with Gasteiger partial charge in [-0.2, -0.15) is 0 Å². The van der Waals surface area contributed by atoms with Gasteiger partial charge in [0.25, 0.3) is 11.6 Å². The highest BCUT2D eigenvalue weighted by Crippen LogP contribution is 2.41. The molecule has 0 aliphatic carbocycles. The quantitative estimate of drug-likeness (QED) is 0.292. The third-order valence-corrected chi connectivity index (χ3v) is 6.65. The zero-order chi connectivity index (χ0) is 22.4. The molecule has 2 aromatic carbocycles. The van der Waals surface area contributed by atoms with Crippen LogP contribution in [-0.2, 0) is 0 Å². The van der Waals surface area contributed by atoms with E-state index in [1.54, 1.807) is 6.07 Å². The molecular formula is C22H18FN5O3S. The van der Waals surface area contributed by atoms with Crippen LogP contribution < -0.4 is 16.0 Å². The number of nitrogens with zero attached hydrogens (tertiary/aromatic N) is 2. The van der Waals surface area contributed by atoms with Crippen molar-refractivity contribution in [2.75, 3.05) is 17.2 Å². The molecule has 2 aromatic heterocycles. The summed E-state index contributed by atoms with van der Waals surface area (Å²) < 4.78 is 14.6. The monoisotopic (exact) mass is 451 g/mol. The summed E-state index contributed by atoms with van der Waals surface area (Å²) in [6.07, 6.45) is 0.829. The number of carbonyl (C=O) groups is 1. The molecule has 1 atom stereocenters. The van der Waals surface area contributed by atoms with Crippen molar-refractivity contribution in [2.45, 2.75) is 19.4 Å². The Morgan fingerprint density at radius 3 is 2.91 bits per heavy atom. The lowest BCUT2D eigenvalue weighted by atomic mass is 10.1. The fraction of sp³-hybridized carbons (Fsp3) is 0.182. The van der Waals surface area contributed by atoms with E-state index in [9.17, 15) is 19.3 Å². The molecule has 10 heteroatoms. The van der Waals surface area contributed by atoms with Gasteiger partial charge < -0.3 is 16.0 Å². The standard InChI is InChI=1S/C22H18FN5O3S/c1-2-12-10-24-20-19-13-4-8-18(27-15-9-11(23)3-6-16(15)28(30)31)26-14(13)5-7-17(19)32-21(20)22(29)25-12/h3-9,12,24H,2,10H2,1H3,(H,25,29)(H,26,27)/t12-/m1/s1. The number of fused-ring (bicyclic) bond motifs is 5. The number of hydrogen-bond acceptors (Lipinski definition) is 7. The Hall–Kier alpha value is -3.79. The molecule has 0 saturated heterocycles. The molecular weight excluding hydrogens is 433 g/mol. The first-order chi connectivity index (χ1) is 15.4. The van der Waals surface area contributed by atoms with Crippen LogP contribution in [0.15, 0.2) is 42.5 Å². The first kappa shape index (κ1) is 20.1. The maximum atomic E-state index is 13.7. The highest BCUT2D eigenvalue weighted by molar-refractivity contribution is 7.21. The molecule has 0 fully saturated rings. The van der Waals surface area contributed by atoms with E-state index in [0.717, 1.165) is 45.8 Å². The molecule has 5 rings (SSSR count). The lowest BCUT2D eigenvalue weighted by Crippen LogP contribution is -2.36. The Bertz CT molecular complexity index is 1400. The van der Waals surface area contributed by atoms with E-state index >= 15 is 0 Å². The second-order valence-corrected chi connectivity index (χ2v) is 8.56. The van der Waals surface area contributed by atoms with E-state index in [4.69, 9.17) is 0 Å². The van der Waals surface area contributed by atoms with Crippen LogP contribution in [0.2, 0.25) is 0 Å². The Labute approximate surface area is 185 Å². The van der Waals surface area contributed by atoms with Gasteiger partial charge in [0.05, 0.1) is 16.1 Å². The zero-order valence-corrected chi connectivity index (χ0v) is 17.8. The Kier molecular flexibility index (Phi) is 4.86. The molecule has 1 aliphatic rings. The molecule has 162 valence electrons. The highest BCUT2D eigenvalue weighted by Gasteiger charge is 2.25. The number of nitrogens with one attached hydrogen (secondary N) is 3. The van der Waals surface area contributed by atoms with Crippen LogP contribution in [0.4, 0.5) is 27.3 Å². The first-order valence-electron chi connectivity index (χ1n) is 10.1. The minimum Gasteiger partial charge on any atom is -0.381 e. The average molecular weight is 451 g/mol. The summed E-state index contributed by atoms with van der Waals surface area (Å²) in [5.74, 6) is -0.323. The number of nitro benzene ring substituents is 1. The topological polar surface area (TPSA) is 109 Å². The van der Waals surface area contributed by atoms with E-state index in [2.05, 4.69) is 20.9 Å². The van der Waals surface area contributed by atoms with Crippen LogP contribution in [0.1, 0.15) is 23.0 Å². The smallest absolute Gasteiger partial charge is 0.292 e. The van der Waals surface area contributed by atoms with E-state index < -0.39 is 10.7 Å². The molecule has 0 bridgehead atoms. The van der Waals surface area contributed by atoms with Crippen LogP contribution in [0.3, 0.4) is 0 Å². The summed E-state index contributed by atoms with van der Waals surface area (Å²) in [5.41, 5.74) is 1.23. The predicted molar refractivity (Wildman–Crippen MR) is 123 cm³/mol. The fourth-order valence-electron chi connectivity index (χ4n) is 3.88. The second kappa shape index (κ2) is 7.72. The van der Waals surface area contributed by atoms with Crippen molar-refractivity contribution in [3.05, 3.63) is 63.3 Å². The number of benzene rings is 2. The molecule has 0 radical (unpaired) electrons. The first-order valence-corrected chi connectivity index (χ1v) is 10.9. The maximum absolute atomic E-state index is 13.7. The normalized spacial score (nSPS) is 15.7. The highest BCUT2D eigenvalue weighted by atomic mass is 32.1. The minimum atomic E-state index is -0.587. The second-order valence-electron chi connectivity index (χ2n) is 7.51. The number of thiophene rings is 1. The van der Waals surface area contributed by atoms with E-state index in [1.165, 1.54) is 11.3 Å². The van der Waals surface area contributed by atoms with Crippen LogP contribution in [0, 0.1) is 15.9 Å². The largest absolute Gasteiger partial charge is 0.381 e. The number of anilines is 3. The summed E-state index contributed by atoms with van der Waals surface area (Å²) in [5, 5.41) is 22.4. The van der Waals surface area contributed by atoms with E-state index in [-0.39, 0.29) is 23.3 Å². The van der Waals surface area contributed by atoms with E-state index in [0.29, 0.717) is 22.8 Å². The number of amides is 1. The summed E-state index contributed by atoms with van der Waals surface area (Å²) in [6.45, 7) is 2.66. The van der Waals surface area contributed by atoms with E-state index in [1.807, 2.05) is 25.1 Å². The van der Waals surface area contributed by atoms with Gasteiger partial charge in [-0.25, -0.2) is 9.37 Å². The van der Waals surface area contributed by atoms with Crippen molar-refractivity contribution in [1.82, 2.24) is 10.3 Å². The lowest BCUT2D eigenvalue weighted by molar-refractivity contribution is -0.384. The number of aromatic nitrogens is 1. The Balaban J connectivity index is 1.59. The Morgan fingerprint density at radius 2 is 2.12 bits per heavy atom. The van der Waals surface area contributed by atoms with Crippen LogP contribution >= 0.6 is 11.3 Å². The fourth-order valence-corrected chi connectivity index (χ4v) is 4.98. The van der Waals surface area contributed by atoms with Crippen molar-refractivity contribution in [1.29, 1.82) is 0 Å². The van der Waals surface area contributed by atoms with Crippen molar-refractivity contribution < 1.29 is 14.1 Å². The lowest BCUT2D eigenvalue weighted by Gasteiger charge is -2.13. The molecule has 4 aromatic rings. The van der Waals surface area contributed by atoms with Gasteiger partial charge in [-0.15, -0.1) is 11.3 Å². The number of carbonyl (C=O) groups excluding carboxylic acids is 1. The predicted octanol–water partition coefficient (Wildman–Crippen LogP) is 5.17. The van der Waals surface area contributed by atoms with Gasteiger partial charge in [0.2, 0.25) is 0 Å². The zero-order valence-electron chi connectivity index (χ0n) is 16.9. The molecule has 1 amide bonds. The van der Waals surface area contributed by atoms with Crippen molar-refractivity contribution in [2.24, 2.45) is 0 Å². The molecule has 8 nitrogen and oxygen atoms in total.